The molecule has 1 aliphatic rings. The molecule has 2 amide bonds. The van der Waals surface area contributed by atoms with Crippen LogP contribution in [-0.2, 0) is 26.2 Å². The quantitative estimate of drug-likeness (QED) is 0.624. The number of sulfonamides is 1. The van der Waals surface area contributed by atoms with Crippen LogP contribution in [0.5, 0.6) is 0 Å². The minimum Gasteiger partial charge on any atom is -0.372 e. The summed E-state index contributed by atoms with van der Waals surface area (Å²) < 4.78 is 39.2. The van der Waals surface area contributed by atoms with Gasteiger partial charge in [0.15, 0.2) is 0 Å². The lowest BCUT2D eigenvalue weighted by Crippen LogP contribution is -2.52. The molecule has 1 heterocycles. The van der Waals surface area contributed by atoms with E-state index < -0.39 is 33.3 Å². The molecule has 11 heteroatoms. The second-order valence-electron chi connectivity index (χ2n) is 7.31. The average molecular weight is 470 g/mol. The Morgan fingerprint density at radius 3 is 2.65 bits per heavy atom. The van der Waals surface area contributed by atoms with Crippen molar-refractivity contribution in [3.05, 3.63) is 58.9 Å². The van der Waals surface area contributed by atoms with Gasteiger partial charge < -0.3 is 15.3 Å². The van der Waals surface area contributed by atoms with Crippen LogP contribution in [0.25, 0.3) is 0 Å². The van der Waals surface area contributed by atoms with E-state index in [4.69, 9.17) is 11.6 Å². The molecule has 2 N–H and O–H groups in total. The van der Waals surface area contributed by atoms with Crippen LogP contribution < -0.4 is 10.2 Å². The molecule has 0 saturated carbocycles. The number of carbonyl (C=O) groups is 2. The highest BCUT2D eigenvalue weighted by atomic mass is 35.5. The van der Waals surface area contributed by atoms with E-state index in [-0.39, 0.29) is 35.1 Å². The largest absolute Gasteiger partial charge is 0.372 e. The Morgan fingerprint density at radius 2 is 2.00 bits per heavy atom. The predicted molar refractivity (Wildman–Crippen MR) is 112 cm³/mol. The Labute approximate surface area is 184 Å². The number of anilines is 1. The molecule has 8 nitrogen and oxygen atoms in total. The van der Waals surface area contributed by atoms with Gasteiger partial charge in [-0.1, -0.05) is 17.7 Å². The van der Waals surface area contributed by atoms with Crippen molar-refractivity contribution in [2.75, 3.05) is 25.5 Å². The summed E-state index contributed by atoms with van der Waals surface area (Å²) in [5.41, 5.74) is -1.72. The van der Waals surface area contributed by atoms with Gasteiger partial charge in [0.1, 0.15) is 5.82 Å². The highest BCUT2D eigenvalue weighted by molar-refractivity contribution is 7.89. The predicted octanol–water partition coefficient (Wildman–Crippen LogP) is 1.51. The van der Waals surface area contributed by atoms with Crippen LogP contribution in [0, 0.1) is 5.82 Å². The van der Waals surface area contributed by atoms with Crippen LogP contribution in [0.15, 0.2) is 47.4 Å². The maximum Gasteiger partial charge on any atom is 0.268 e. The van der Waals surface area contributed by atoms with Gasteiger partial charge in [-0.25, -0.2) is 17.1 Å². The van der Waals surface area contributed by atoms with Crippen molar-refractivity contribution in [2.45, 2.75) is 23.5 Å². The summed E-state index contributed by atoms with van der Waals surface area (Å²) >= 11 is 5.79. The maximum absolute atomic E-state index is 13.4. The fourth-order valence-corrected chi connectivity index (χ4v) is 4.41. The van der Waals surface area contributed by atoms with Gasteiger partial charge in [0.25, 0.3) is 11.8 Å². The Hall–Kier alpha value is -2.53. The normalized spacial score (nSPS) is 19.2. The minimum absolute atomic E-state index is 0.0139. The molecule has 2 aromatic rings. The van der Waals surface area contributed by atoms with E-state index in [2.05, 4.69) is 5.32 Å². The number of hydrogen-bond donors (Lipinski definition) is 2. The van der Waals surface area contributed by atoms with Crippen LogP contribution in [0.3, 0.4) is 0 Å². The molecule has 1 saturated heterocycles. The highest BCUT2D eigenvalue weighted by Crippen LogP contribution is 2.30. The summed E-state index contributed by atoms with van der Waals surface area (Å²) in [6, 6.07) is 9.44. The Morgan fingerprint density at radius 1 is 1.29 bits per heavy atom. The fourth-order valence-electron chi connectivity index (χ4n) is 3.23. The van der Waals surface area contributed by atoms with Gasteiger partial charge in [-0.15, -0.1) is 0 Å². The number of nitrogens with zero attached hydrogens (tertiary/aromatic N) is 2. The molecule has 1 atom stereocenters. The van der Waals surface area contributed by atoms with E-state index >= 15 is 0 Å². The third-order valence-electron chi connectivity index (χ3n) is 4.96. The lowest BCUT2D eigenvalue weighted by atomic mass is 10.0. The van der Waals surface area contributed by atoms with Crippen LogP contribution >= 0.6 is 11.6 Å². The highest BCUT2D eigenvalue weighted by Gasteiger charge is 2.51. The maximum atomic E-state index is 13.4. The lowest BCUT2D eigenvalue weighted by molar-refractivity contribution is -0.149. The van der Waals surface area contributed by atoms with Gasteiger partial charge in [-0.3, -0.25) is 9.59 Å². The van der Waals surface area contributed by atoms with E-state index in [0.717, 1.165) is 15.3 Å². The first-order valence-corrected chi connectivity index (χ1v) is 11.1. The topological polar surface area (TPSA) is 107 Å². The SMILES string of the molecule is CN(C)S(=O)(=O)c1cccc(N2CCC(O)(C(=O)NCc3cc(F)cc(Cl)c3)C2=O)c1. The summed E-state index contributed by atoms with van der Waals surface area (Å²) in [7, 11) is -0.952. The van der Waals surface area contributed by atoms with E-state index in [1.54, 1.807) is 0 Å². The van der Waals surface area contributed by atoms with Crippen LogP contribution in [0.2, 0.25) is 5.02 Å². The smallest absolute Gasteiger partial charge is 0.268 e. The van der Waals surface area contributed by atoms with Crippen molar-refractivity contribution in [1.82, 2.24) is 9.62 Å². The Bertz CT molecular complexity index is 1120. The average Bonchev–Trinajstić information content (AvgIpc) is 3.01. The second kappa shape index (κ2) is 8.54. The molecule has 2 aromatic carbocycles. The molecule has 0 spiro atoms. The van der Waals surface area contributed by atoms with Crippen molar-refractivity contribution < 1.29 is 27.5 Å². The summed E-state index contributed by atoms with van der Waals surface area (Å²) in [5.74, 6) is -2.38. The molecule has 0 aromatic heterocycles. The number of benzene rings is 2. The molecule has 0 aliphatic carbocycles. The van der Waals surface area contributed by atoms with E-state index in [9.17, 15) is 27.5 Å². The van der Waals surface area contributed by atoms with Crippen molar-refractivity contribution in [3.63, 3.8) is 0 Å². The molecule has 0 bridgehead atoms. The standard InChI is InChI=1S/C20H21ClFN3O5S/c1-24(2)31(29,30)17-5-3-4-16(11-17)25-7-6-20(28,19(25)27)18(26)23-12-13-8-14(21)10-15(22)9-13/h3-5,8-11,28H,6-7,12H2,1-2H3,(H,23,26). The first kappa shape index (κ1) is 23.1. The minimum atomic E-state index is -3.73. The van der Waals surface area contributed by atoms with Gasteiger partial charge in [-0.05, 0) is 42.0 Å². The summed E-state index contributed by atoms with van der Waals surface area (Å²) in [6.07, 6.45) is -0.188. The molecule has 31 heavy (non-hydrogen) atoms. The molecule has 1 unspecified atom stereocenters. The molecule has 3 rings (SSSR count). The molecule has 1 fully saturated rings. The number of nitrogens with one attached hydrogen (secondary N) is 1. The van der Waals surface area contributed by atoms with Crippen LogP contribution in [0.1, 0.15) is 12.0 Å². The van der Waals surface area contributed by atoms with Crippen molar-refractivity contribution in [3.8, 4) is 0 Å². The summed E-state index contributed by atoms with van der Waals surface area (Å²) in [4.78, 5) is 26.6. The summed E-state index contributed by atoms with van der Waals surface area (Å²) in [5, 5.41) is 13.3. The van der Waals surface area contributed by atoms with Gasteiger partial charge >= 0.3 is 0 Å². The molecule has 1 aliphatic heterocycles. The third-order valence-corrected chi connectivity index (χ3v) is 6.98. The van der Waals surface area contributed by atoms with Crippen LogP contribution in [0.4, 0.5) is 10.1 Å². The zero-order chi connectivity index (χ0) is 23.0. The number of amides is 2. The molecule has 0 radical (unpaired) electrons. The second-order valence-corrected chi connectivity index (χ2v) is 9.90. The third kappa shape index (κ3) is 4.57. The zero-order valence-electron chi connectivity index (χ0n) is 16.8. The van der Waals surface area contributed by atoms with Gasteiger partial charge in [-0.2, -0.15) is 0 Å². The van der Waals surface area contributed by atoms with E-state index in [0.29, 0.717) is 5.56 Å². The Balaban J connectivity index is 1.77. The number of hydrogen-bond acceptors (Lipinski definition) is 5. The van der Waals surface area contributed by atoms with Crippen molar-refractivity contribution in [2.24, 2.45) is 0 Å². The van der Waals surface area contributed by atoms with Gasteiger partial charge in [0.2, 0.25) is 15.6 Å². The number of halogens is 2. The van der Waals surface area contributed by atoms with Crippen molar-refractivity contribution >= 4 is 39.1 Å². The number of rotatable bonds is 6. The van der Waals surface area contributed by atoms with Crippen molar-refractivity contribution in [1.29, 1.82) is 0 Å². The van der Waals surface area contributed by atoms with Crippen LogP contribution in [-0.4, -0.2) is 55.9 Å². The summed E-state index contributed by atoms with van der Waals surface area (Å²) in [6.45, 7) is -0.123. The lowest BCUT2D eigenvalue weighted by Gasteiger charge is -2.22. The van der Waals surface area contributed by atoms with E-state index in [1.165, 1.54) is 50.5 Å². The number of carbonyl (C=O) groups excluding carboxylic acids is 2. The monoisotopic (exact) mass is 469 g/mol. The first-order valence-electron chi connectivity index (χ1n) is 9.25. The fraction of sp³-hybridized carbons (Fsp3) is 0.300. The zero-order valence-corrected chi connectivity index (χ0v) is 18.4. The first-order chi connectivity index (χ1) is 14.4. The van der Waals surface area contributed by atoms with Gasteiger partial charge in [0, 0.05) is 44.3 Å². The van der Waals surface area contributed by atoms with Gasteiger partial charge in [0.05, 0.1) is 4.90 Å². The Kier molecular flexibility index (Phi) is 6.38. The molecular weight excluding hydrogens is 449 g/mol. The van der Waals surface area contributed by atoms with E-state index in [1.807, 2.05) is 0 Å². The number of aliphatic hydroxyl groups is 1. The molecular formula is C20H21ClFN3O5S. The molecule has 166 valence electrons.